The molecular weight excluding hydrogens is 308 g/mol. The number of rotatable bonds is 6. The number of aromatic nitrogens is 1. The largest absolute Gasteiger partial charge is 0.315 e. The van der Waals surface area contributed by atoms with Gasteiger partial charge in [0.15, 0.2) is 0 Å². The summed E-state index contributed by atoms with van der Waals surface area (Å²) in [6, 6.07) is 7.96. The molecule has 0 fully saturated rings. The molecule has 0 bridgehead atoms. The van der Waals surface area contributed by atoms with Crippen LogP contribution in [0.25, 0.3) is 0 Å². The molecule has 0 aliphatic rings. The zero-order chi connectivity index (χ0) is 14.5. The summed E-state index contributed by atoms with van der Waals surface area (Å²) in [6.45, 7) is 5.30. The van der Waals surface area contributed by atoms with Gasteiger partial charge in [-0.15, -0.1) is 23.1 Å². The first kappa shape index (κ1) is 15.8. The van der Waals surface area contributed by atoms with E-state index in [-0.39, 0.29) is 0 Å². The van der Waals surface area contributed by atoms with Crippen LogP contribution in [0.2, 0.25) is 5.02 Å². The van der Waals surface area contributed by atoms with Gasteiger partial charge in [0.05, 0.1) is 11.4 Å². The van der Waals surface area contributed by atoms with Crippen molar-refractivity contribution in [1.29, 1.82) is 0 Å². The van der Waals surface area contributed by atoms with Crippen LogP contribution in [-0.4, -0.2) is 12.0 Å². The van der Waals surface area contributed by atoms with Gasteiger partial charge < -0.3 is 5.32 Å². The van der Waals surface area contributed by atoms with Gasteiger partial charge in [0, 0.05) is 21.3 Å². The van der Waals surface area contributed by atoms with Gasteiger partial charge in [-0.05, 0) is 37.2 Å². The molecule has 1 aromatic carbocycles. The first-order valence-corrected chi connectivity index (χ1v) is 8.79. The summed E-state index contributed by atoms with van der Waals surface area (Å²) in [6.07, 6.45) is 0. The Balaban J connectivity index is 2.05. The third kappa shape index (κ3) is 4.22. The summed E-state index contributed by atoms with van der Waals surface area (Å²) in [5, 5.41) is 5.19. The lowest BCUT2D eigenvalue weighted by atomic mass is 10.1. The van der Waals surface area contributed by atoms with Crippen molar-refractivity contribution in [3.8, 4) is 0 Å². The molecule has 0 unspecified atom stereocenters. The molecule has 20 heavy (non-hydrogen) atoms. The second-order valence-corrected chi connectivity index (χ2v) is 7.50. The fourth-order valence-corrected chi connectivity index (χ4v) is 4.14. The third-order valence-corrected chi connectivity index (χ3v) is 5.36. The molecule has 2 rings (SSSR count). The highest BCUT2D eigenvalue weighted by molar-refractivity contribution is 7.98. The van der Waals surface area contributed by atoms with Gasteiger partial charge >= 0.3 is 0 Å². The molecule has 0 spiro atoms. The minimum absolute atomic E-state index is 0.476. The highest BCUT2D eigenvalue weighted by Crippen LogP contribution is 2.30. The molecule has 5 heteroatoms. The molecule has 0 saturated heterocycles. The number of nitrogens with one attached hydrogen (secondary N) is 1. The van der Waals surface area contributed by atoms with Crippen molar-refractivity contribution in [3.63, 3.8) is 0 Å². The van der Waals surface area contributed by atoms with E-state index >= 15 is 0 Å². The van der Waals surface area contributed by atoms with Gasteiger partial charge in [-0.25, -0.2) is 4.98 Å². The quantitative estimate of drug-likeness (QED) is 0.762. The summed E-state index contributed by atoms with van der Waals surface area (Å²) in [4.78, 5) is 7.38. The van der Waals surface area contributed by atoms with E-state index in [1.807, 2.05) is 30.5 Å². The van der Waals surface area contributed by atoms with Crippen LogP contribution in [0.15, 0.2) is 29.2 Å². The number of thiazole rings is 1. The van der Waals surface area contributed by atoms with Gasteiger partial charge in [0.1, 0.15) is 5.01 Å². The Labute approximate surface area is 134 Å². The lowest BCUT2D eigenvalue weighted by molar-refractivity contribution is 0.769. The summed E-state index contributed by atoms with van der Waals surface area (Å²) in [5.41, 5.74) is 1.23. The van der Waals surface area contributed by atoms with Crippen molar-refractivity contribution in [1.82, 2.24) is 10.3 Å². The van der Waals surface area contributed by atoms with E-state index in [1.54, 1.807) is 11.8 Å². The van der Waals surface area contributed by atoms with Gasteiger partial charge in [0.25, 0.3) is 0 Å². The molecule has 1 aromatic heterocycles. The van der Waals surface area contributed by atoms with Gasteiger partial charge in [-0.3, -0.25) is 0 Å². The molecule has 0 saturated carbocycles. The van der Waals surface area contributed by atoms with Crippen LogP contribution >= 0.6 is 34.7 Å². The minimum Gasteiger partial charge on any atom is -0.315 e. The van der Waals surface area contributed by atoms with Gasteiger partial charge in [-0.2, -0.15) is 0 Å². The van der Waals surface area contributed by atoms with Gasteiger partial charge in [0.2, 0.25) is 0 Å². The van der Waals surface area contributed by atoms with Crippen LogP contribution in [0.3, 0.4) is 0 Å². The van der Waals surface area contributed by atoms with Crippen molar-refractivity contribution in [2.45, 2.75) is 37.0 Å². The minimum atomic E-state index is 0.476. The van der Waals surface area contributed by atoms with E-state index in [4.69, 9.17) is 16.6 Å². The van der Waals surface area contributed by atoms with Crippen LogP contribution in [0.4, 0.5) is 0 Å². The number of benzene rings is 1. The molecule has 0 radical (unpaired) electrons. The first-order chi connectivity index (χ1) is 9.60. The number of thioether (sulfide) groups is 1. The summed E-state index contributed by atoms with van der Waals surface area (Å²) < 4.78 is 0. The average molecular weight is 327 g/mol. The lowest BCUT2D eigenvalue weighted by Crippen LogP contribution is -2.06. The normalized spacial score (nSPS) is 11.2. The van der Waals surface area contributed by atoms with Crippen LogP contribution in [0.1, 0.15) is 35.3 Å². The van der Waals surface area contributed by atoms with Gasteiger partial charge in [-0.1, -0.05) is 25.4 Å². The smallest absolute Gasteiger partial charge is 0.103 e. The highest BCUT2D eigenvalue weighted by atomic mass is 35.5. The monoisotopic (exact) mass is 326 g/mol. The summed E-state index contributed by atoms with van der Waals surface area (Å²) >= 11 is 9.51. The van der Waals surface area contributed by atoms with E-state index in [0.29, 0.717) is 5.92 Å². The van der Waals surface area contributed by atoms with Crippen molar-refractivity contribution in [2.24, 2.45) is 0 Å². The Morgan fingerprint density at radius 2 is 2.00 bits per heavy atom. The number of halogens is 1. The highest BCUT2D eigenvalue weighted by Gasteiger charge is 2.13. The van der Waals surface area contributed by atoms with E-state index in [9.17, 15) is 0 Å². The Hall–Kier alpha value is -0.550. The van der Waals surface area contributed by atoms with E-state index in [2.05, 4.69) is 31.3 Å². The second-order valence-electron chi connectivity index (χ2n) is 4.84. The topological polar surface area (TPSA) is 24.9 Å². The first-order valence-electron chi connectivity index (χ1n) is 6.61. The summed E-state index contributed by atoms with van der Waals surface area (Å²) in [5.74, 6) is 1.39. The Morgan fingerprint density at radius 3 is 2.60 bits per heavy atom. The predicted octanol–water partition coefficient (Wildman–Crippen LogP) is 4.93. The number of hydrogen-bond donors (Lipinski definition) is 1. The predicted molar refractivity (Wildman–Crippen MR) is 90.0 cm³/mol. The standard InChI is InChI=1S/C15H19ClN2S2/c1-10(2)15-13(8-17-3)20-14(18-15)9-19-12-6-4-11(16)5-7-12/h4-7,10,17H,8-9H2,1-3H3. The Morgan fingerprint density at radius 1 is 1.30 bits per heavy atom. The molecule has 0 amide bonds. The zero-order valence-corrected chi connectivity index (χ0v) is 14.3. The molecular formula is C15H19ClN2S2. The fourth-order valence-electron chi connectivity index (χ4n) is 1.89. The number of nitrogens with zero attached hydrogens (tertiary/aromatic N) is 1. The molecule has 0 aliphatic carbocycles. The van der Waals surface area contributed by atoms with E-state index in [0.717, 1.165) is 17.3 Å². The SMILES string of the molecule is CNCc1sc(CSc2ccc(Cl)cc2)nc1C(C)C. The van der Waals surface area contributed by atoms with E-state index < -0.39 is 0 Å². The van der Waals surface area contributed by atoms with Crippen molar-refractivity contribution in [2.75, 3.05) is 7.05 Å². The molecule has 108 valence electrons. The van der Waals surface area contributed by atoms with Crippen LogP contribution in [0.5, 0.6) is 0 Å². The molecule has 0 aliphatic heterocycles. The second kappa shape index (κ2) is 7.46. The molecule has 2 aromatic rings. The maximum Gasteiger partial charge on any atom is 0.103 e. The summed E-state index contributed by atoms with van der Waals surface area (Å²) in [7, 11) is 1.98. The maximum absolute atomic E-state index is 5.90. The molecule has 1 heterocycles. The molecule has 1 N–H and O–H groups in total. The Bertz CT molecular complexity index is 550. The van der Waals surface area contributed by atoms with Crippen LogP contribution < -0.4 is 5.32 Å². The third-order valence-electron chi connectivity index (χ3n) is 2.83. The van der Waals surface area contributed by atoms with Crippen molar-refractivity contribution in [3.05, 3.63) is 44.9 Å². The van der Waals surface area contributed by atoms with Crippen molar-refractivity contribution < 1.29 is 0 Å². The fraction of sp³-hybridized carbons (Fsp3) is 0.400. The Kier molecular flexibility index (Phi) is 5.90. The number of hydrogen-bond acceptors (Lipinski definition) is 4. The maximum atomic E-state index is 5.90. The molecule has 2 nitrogen and oxygen atoms in total. The van der Waals surface area contributed by atoms with Crippen LogP contribution in [0, 0.1) is 0 Å². The molecule has 0 atom stereocenters. The van der Waals surface area contributed by atoms with Crippen molar-refractivity contribution >= 4 is 34.7 Å². The van der Waals surface area contributed by atoms with Crippen LogP contribution in [-0.2, 0) is 12.3 Å². The van der Waals surface area contributed by atoms with E-state index in [1.165, 1.54) is 20.5 Å². The lowest BCUT2D eigenvalue weighted by Gasteiger charge is -2.03. The average Bonchev–Trinajstić information content (AvgIpc) is 2.82. The zero-order valence-electron chi connectivity index (χ0n) is 11.9.